The van der Waals surface area contributed by atoms with E-state index in [4.69, 9.17) is 5.73 Å². The molecule has 0 spiro atoms. The summed E-state index contributed by atoms with van der Waals surface area (Å²) >= 11 is 0. The second kappa shape index (κ2) is 5.93. The summed E-state index contributed by atoms with van der Waals surface area (Å²) < 4.78 is 0. The number of nitrogens with two attached hydrogens (primary N) is 1. The van der Waals surface area contributed by atoms with Crippen molar-refractivity contribution in [2.45, 2.75) is 13.8 Å². The Balaban J connectivity index is 2.65. The first-order valence-corrected chi connectivity index (χ1v) is 6.23. The Kier molecular flexibility index (Phi) is 4.78. The SMILES string of the molecule is CN(C)CC(C)(C)CNC(=O)c1ccc(N)cc1O. The topological polar surface area (TPSA) is 78.6 Å². The number of nitrogens with zero attached hydrogens (tertiary/aromatic N) is 1. The van der Waals surface area contributed by atoms with E-state index in [0.29, 0.717) is 12.2 Å². The van der Waals surface area contributed by atoms with Crippen molar-refractivity contribution < 1.29 is 9.90 Å². The molecule has 1 aromatic carbocycles. The minimum absolute atomic E-state index is 0.0391. The van der Waals surface area contributed by atoms with Gasteiger partial charge in [-0.3, -0.25) is 4.79 Å². The maximum atomic E-state index is 12.0. The van der Waals surface area contributed by atoms with Crippen LogP contribution in [-0.2, 0) is 0 Å². The van der Waals surface area contributed by atoms with Gasteiger partial charge in [-0.05, 0) is 31.6 Å². The maximum Gasteiger partial charge on any atom is 0.255 e. The predicted octanol–water partition coefficient (Wildman–Crippen LogP) is 1.29. The first-order valence-electron chi connectivity index (χ1n) is 6.23. The largest absolute Gasteiger partial charge is 0.507 e. The van der Waals surface area contributed by atoms with Gasteiger partial charge in [-0.15, -0.1) is 0 Å². The second-order valence-electron chi connectivity index (χ2n) is 5.86. The molecular weight excluding hydrogens is 242 g/mol. The van der Waals surface area contributed by atoms with Crippen molar-refractivity contribution in [1.29, 1.82) is 0 Å². The zero-order chi connectivity index (χ0) is 14.6. The van der Waals surface area contributed by atoms with Crippen LogP contribution in [0.2, 0.25) is 0 Å². The standard InChI is InChI=1S/C14H23N3O2/c1-14(2,9-17(3)4)8-16-13(19)11-6-5-10(15)7-12(11)18/h5-7,18H,8-9,15H2,1-4H3,(H,16,19). The molecule has 0 heterocycles. The van der Waals surface area contributed by atoms with Crippen LogP contribution in [0.1, 0.15) is 24.2 Å². The number of nitrogens with one attached hydrogen (secondary N) is 1. The molecule has 0 fully saturated rings. The Hall–Kier alpha value is -1.75. The highest BCUT2D eigenvalue weighted by Crippen LogP contribution is 2.20. The number of nitrogen functional groups attached to an aromatic ring is 1. The molecule has 1 rings (SSSR count). The van der Waals surface area contributed by atoms with Crippen LogP contribution in [0, 0.1) is 5.41 Å². The van der Waals surface area contributed by atoms with Gasteiger partial charge in [-0.25, -0.2) is 0 Å². The molecule has 0 saturated carbocycles. The number of phenolic OH excluding ortho intramolecular Hbond substituents is 1. The summed E-state index contributed by atoms with van der Waals surface area (Å²) in [5, 5.41) is 12.5. The second-order valence-corrected chi connectivity index (χ2v) is 5.86. The lowest BCUT2D eigenvalue weighted by atomic mass is 9.93. The summed E-state index contributed by atoms with van der Waals surface area (Å²) in [6.45, 7) is 5.56. The molecular formula is C14H23N3O2. The van der Waals surface area contributed by atoms with Gasteiger partial charge in [0.25, 0.3) is 5.91 Å². The number of carbonyl (C=O) groups is 1. The molecule has 0 bridgehead atoms. The lowest BCUT2D eigenvalue weighted by molar-refractivity contribution is 0.0926. The van der Waals surface area contributed by atoms with Gasteiger partial charge in [0.1, 0.15) is 5.75 Å². The van der Waals surface area contributed by atoms with Crippen molar-refractivity contribution in [3.63, 3.8) is 0 Å². The molecule has 0 saturated heterocycles. The van der Waals surface area contributed by atoms with Crippen LogP contribution in [0.4, 0.5) is 5.69 Å². The number of benzene rings is 1. The third-order valence-corrected chi connectivity index (χ3v) is 2.74. The number of hydrogen-bond donors (Lipinski definition) is 3. The van der Waals surface area contributed by atoms with Crippen LogP contribution in [0.5, 0.6) is 5.75 Å². The normalized spacial score (nSPS) is 11.6. The smallest absolute Gasteiger partial charge is 0.255 e. The van der Waals surface area contributed by atoms with E-state index in [0.717, 1.165) is 6.54 Å². The van der Waals surface area contributed by atoms with Crippen molar-refractivity contribution in [2.24, 2.45) is 5.41 Å². The Morgan fingerprint density at radius 3 is 2.58 bits per heavy atom. The molecule has 0 aliphatic carbocycles. The van der Waals surface area contributed by atoms with Crippen molar-refractivity contribution in [3.05, 3.63) is 23.8 Å². The van der Waals surface area contributed by atoms with E-state index in [1.807, 2.05) is 14.1 Å². The van der Waals surface area contributed by atoms with Crippen LogP contribution in [0.15, 0.2) is 18.2 Å². The van der Waals surface area contributed by atoms with Gasteiger partial charge in [0.2, 0.25) is 0 Å². The van der Waals surface area contributed by atoms with Crippen molar-refractivity contribution in [2.75, 3.05) is 32.9 Å². The zero-order valence-corrected chi connectivity index (χ0v) is 12.0. The highest BCUT2D eigenvalue weighted by atomic mass is 16.3. The van der Waals surface area contributed by atoms with Gasteiger partial charge in [0, 0.05) is 24.8 Å². The first-order chi connectivity index (χ1) is 8.71. The fraction of sp³-hybridized carbons (Fsp3) is 0.500. The van der Waals surface area contributed by atoms with Crippen LogP contribution in [0.3, 0.4) is 0 Å². The van der Waals surface area contributed by atoms with Gasteiger partial charge in [0.15, 0.2) is 0 Å². The summed E-state index contributed by atoms with van der Waals surface area (Å²) in [6.07, 6.45) is 0. The summed E-state index contributed by atoms with van der Waals surface area (Å²) in [5.74, 6) is -0.382. The molecule has 0 radical (unpaired) electrons. The predicted molar refractivity (Wildman–Crippen MR) is 77.2 cm³/mol. The summed E-state index contributed by atoms with van der Waals surface area (Å²) in [6, 6.07) is 4.50. The summed E-state index contributed by atoms with van der Waals surface area (Å²) in [7, 11) is 3.99. The minimum Gasteiger partial charge on any atom is -0.507 e. The molecule has 0 aliphatic rings. The number of rotatable bonds is 5. The fourth-order valence-corrected chi connectivity index (χ4v) is 2.07. The van der Waals surface area contributed by atoms with Crippen molar-refractivity contribution in [3.8, 4) is 5.75 Å². The quantitative estimate of drug-likeness (QED) is 0.701. The molecule has 1 aromatic rings. The van der Waals surface area contributed by atoms with Gasteiger partial charge in [-0.1, -0.05) is 13.8 Å². The highest BCUT2D eigenvalue weighted by molar-refractivity contribution is 5.97. The number of anilines is 1. The van der Waals surface area contributed by atoms with Crippen molar-refractivity contribution in [1.82, 2.24) is 10.2 Å². The number of amides is 1. The minimum atomic E-state index is -0.288. The van der Waals surface area contributed by atoms with Gasteiger partial charge in [-0.2, -0.15) is 0 Å². The Morgan fingerprint density at radius 1 is 1.42 bits per heavy atom. The molecule has 106 valence electrons. The monoisotopic (exact) mass is 265 g/mol. The average Bonchev–Trinajstić information content (AvgIpc) is 2.24. The molecule has 19 heavy (non-hydrogen) atoms. The number of hydrogen-bond acceptors (Lipinski definition) is 4. The molecule has 0 atom stereocenters. The van der Waals surface area contributed by atoms with E-state index in [-0.39, 0.29) is 22.6 Å². The van der Waals surface area contributed by atoms with E-state index in [9.17, 15) is 9.90 Å². The van der Waals surface area contributed by atoms with E-state index in [1.54, 1.807) is 6.07 Å². The van der Waals surface area contributed by atoms with Crippen LogP contribution >= 0.6 is 0 Å². The Morgan fingerprint density at radius 2 is 2.05 bits per heavy atom. The third-order valence-electron chi connectivity index (χ3n) is 2.74. The van der Waals surface area contributed by atoms with Crippen molar-refractivity contribution >= 4 is 11.6 Å². The number of aromatic hydroxyl groups is 1. The molecule has 0 unspecified atom stereocenters. The van der Waals surface area contributed by atoms with Crippen LogP contribution < -0.4 is 11.1 Å². The molecule has 0 aromatic heterocycles. The first kappa shape index (κ1) is 15.3. The van der Waals surface area contributed by atoms with Gasteiger partial charge < -0.3 is 21.1 Å². The van der Waals surface area contributed by atoms with Crippen LogP contribution in [-0.4, -0.2) is 43.1 Å². The molecule has 4 N–H and O–H groups in total. The molecule has 1 amide bonds. The lowest BCUT2D eigenvalue weighted by Crippen LogP contribution is -2.40. The lowest BCUT2D eigenvalue weighted by Gasteiger charge is -2.28. The molecule has 0 aliphatic heterocycles. The van der Waals surface area contributed by atoms with Gasteiger partial charge in [0.05, 0.1) is 5.56 Å². The third kappa shape index (κ3) is 4.79. The maximum absolute atomic E-state index is 12.0. The summed E-state index contributed by atoms with van der Waals surface area (Å²) in [4.78, 5) is 14.1. The average molecular weight is 265 g/mol. The van der Waals surface area contributed by atoms with E-state index in [2.05, 4.69) is 24.1 Å². The van der Waals surface area contributed by atoms with E-state index < -0.39 is 0 Å². The number of carbonyl (C=O) groups excluding carboxylic acids is 1. The Bertz CT molecular complexity index is 456. The van der Waals surface area contributed by atoms with E-state index in [1.165, 1.54) is 12.1 Å². The van der Waals surface area contributed by atoms with Gasteiger partial charge >= 0.3 is 0 Å². The van der Waals surface area contributed by atoms with E-state index >= 15 is 0 Å². The fourth-order valence-electron chi connectivity index (χ4n) is 2.07. The zero-order valence-electron chi connectivity index (χ0n) is 12.0. The number of phenols is 1. The molecule has 5 heteroatoms. The van der Waals surface area contributed by atoms with Crippen LogP contribution in [0.25, 0.3) is 0 Å². The highest BCUT2D eigenvalue weighted by Gasteiger charge is 2.21. The molecule has 5 nitrogen and oxygen atoms in total. The summed E-state index contributed by atoms with van der Waals surface area (Å²) in [5.41, 5.74) is 6.17. The Labute approximate surface area is 114 Å².